The van der Waals surface area contributed by atoms with Gasteiger partial charge >= 0.3 is 17.9 Å². The molecule has 0 aromatic heterocycles. The van der Waals surface area contributed by atoms with Gasteiger partial charge in [0.2, 0.25) is 0 Å². The van der Waals surface area contributed by atoms with E-state index in [4.69, 9.17) is 18.9 Å². The van der Waals surface area contributed by atoms with Gasteiger partial charge < -0.3 is 34.7 Å². The predicted molar refractivity (Wildman–Crippen MR) is 177 cm³/mol. The highest BCUT2D eigenvalue weighted by atomic mass is 16.6. The van der Waals surface area contributed by atoms with Crippen molar-refractivity contribution in [1.29, 1.82) is 0 Å². The molecule has 0 bridgehead atoms. The first-order valence-corrected chi connectivity index (χ1v) is 18.5. The van der Waals surface area contributed by atoms with Gasteiger partial charge in [0, 0.05) is 12.1 Å². The van der Waals surface area contributed by atoms with Gasteiger partial charge in [-0.15, -0.1) is 0 Å². The Morgan fingerprint density at radius 2 is 1.15 bits per heavy atom. The van der Waals surface area contributed by atoms with E-state index < -0.39 is 18.4 Å². The lowest BCUT2D eigenvalue weighted by Gasteiger charge is -2.31. The number of aliphatic hydroxyl groups is 1. The normalized spacial score (nSPS) is 24.7. The van der Waals surface area contributed by atoms with Crippen LogP contribution < -0.4 is 10.6 Å². The van der Waals surface area contributed by atoms with Crippen LogP contribution in [-0.4, -0.2) is 78.9 Å². The molecule has 0 radical (unpaired) electrons. The SMILES string of the molecule is CCC(C)NC(CC(=O)OCC1CCC(COC(=O)CC(NC(C)CC)C(O)OC2CCCCC2)CC1)C(=O)OC1CCCCC1. The summed E-state index contributed by atoms with van der Waals surface area (Å²) >= 11 is 0. The zero-order valence-electron chi connectivity index (χ0n) is 29.1. The molecule has 0 heterocycles. The topological polar surface area (TPSA) is 132 Å². The number of carbonyl (C=O) groups excluding carboxylic acids is 3. The number of aliphatic hydroxyl groups excluding tert-OH is 1. The van der Waals surface area contributed by atoms with E-state index in [2.05, 4.69) is 17.6 Å². The van der Waals surface area contributed by atoms with Gasteiger partial charge in [-0.3, -0.25) is 14.4 Å². The highest BCUT2D eigenvalue weighted by Gasteiger charge is 2.31. The van der Waals surface area contributed by atoms with E-state index in [1.807, 2.05) is 20.8 Å². The van der Waals surface area contributed by atoms with Gasteiger partial charge in [0.1, 0.15) is 12.1 Å². The van der Waals surface area contributed by atoms with Gasteiger partial charge in [-0.25, -0.2) is 0 Å². The number of hydrogen-bond acceptors (Lipinski definition) is 10. The molecule has 266 valence electrons. The highest BCUT2D eigenvalue weighted by Crippen LogP contribution is 2.30. The molecule has 3 aliphatic rings. The number of carbonyl (C=O) groups is 3. The summed E-state index contributed by atoms with van der Waals surface area (Å²) in [5, 5.41) is 17.4. The minimum absolute atomic E-state index is 0.0333. The Labute approximate surface area is 277 Å². The molecule has 10 nitrogen and oxygen atoms in total. The van der Waals surface area contributed by atoms with Crippen LogP contribution in [0.5, 0.6) is 0 Å². The largest absolute Gasteiger partial charge is 0.465 e. The van der Waals surface area contributed by atoms with Gasteiger partial charge in [0.15, 0.2) is 6.29 Å². The minimum atomic E-state index is -1.05. The first kappa shape index (κ1) is 38.7. The minimum Gasteiger partial charge on any atom is -0.465 e. The molecule has 0 aliphatic heterocycles. The Morgan fingerprint density at radius 3 is 1.67 bits per heavy atom. The molecule has 3 rings (SSSR count). The Morgan fingerprint density at radius 1 is 0.674 bits per heavy atom. The van der Waals surface area contributed by atoms with E-state index in [1.165, 1.54) is 12.8 Å². The van der Waals surface area contributed by atoms with E-state index in [0.717, 1.165) is 89.9 Å². The summed E-state index contributed by atoms with van der Waals surface area (Å²) in [4.78, 5) is 38.5. The summed E-state index contributed by atoms with van der Waals surface area (Å²) in [6.45, 7) is 8.83. The van der Waals surface area contributed by atoms with Crippen LogP contribution in [-0.2, 0) is 33.3 Å². The average Bonchev–Trinajstić information content (AvgIpc) is 3.06. The molecule has 3 fully saturated rings. The first-order valence-electron chi connectivity index (χ1n) is 18.5. The zero-order valence-corrected chi connectivity index (χ0v) is 29.1. The Kier molecular flexibility index (Phi) is 17.9. The van der Waals surface area contributed by atoms with Crippen molar-refractivity contribution in [3.63, 3.8) is 0 Å². The maximum absolute atomic E-state index is 12.9. The van der Waals surface area contributed by atoms with Crippen LogP contribution in [0.2, 0.25) is 0 Å². The van der Waals surface area contributed by atoms with Crippen molar-refractivity contribution in [2.24, 2.45) is 11.8 Å². The standard InChI is InChI=1S/C36H64N2O8/c1-5-25(3)37-31(35(41)45-29-13-9-7-10-14-29)21-33(39)43-23-27-17-19-28(20-18-27)24-44-34(40)22-32(38-26(4)6-2)36(42)46-30-15-11-8-12-16-30/h25-32,35,37-38,41H,5-24H2,1-4H3. The van der Waals surface area contributed by atoms with Crippen LogP contribution in [0.1, 0.15) is 143 Å². The number of esters is 3. The molecule has 3 N–H and O–H groups in total. The summed E-state index contributed by atoms with van der Waals surface area (Å²) in [5.74, 6) is -0.549. The molecule has 0 saturated heterocycles. The summed E-state index contributed by atoms with van der Waals surface area (Å²) in [7, 11) is 0. The van der Waals surface area contributed by atoms with Crippen LogP contribution in [0.25, 0.3) is 0 Å². The second-order valence-corrected chi connectivity index (χ2v) is 14.3. The first-order chi connectivity index (χ1) is 22.2. The lowest BCUT2D eigenvalue weighted by Crippen LogP contribution is -2.48. The lowest BCUT2D eigenvalue weighted by atomic mass is 9.83. The van der Waals surface area contributed by atoms with Crippen molar-refractivity contribution in [3.05, 3.63) is 0 Å². The summed E-state index contributed by atoms with van der Waals surface area (Å²) in [6, 6.07) is -0.981. The number of hydrogen-bond donors (Lipinski definition) is 3. The maximum Gasteiger partial charge on any atom is 0.324 e. The van der Waals surface area contributed by atoms with Crippen LogP contribution in [0.3, 0.4) is 0 Å². The van der Waals surface area contributed by atoms with E-state index in [-0.39, 0.29) is 66.9 Å². The quantitative estimate of drug-likeness (QED) is 0.0905. The van der Waals surface area contributed by atoms with E-state index in [0.29, 0.717) is 13.2 Å². The van der Waals surface area contributed by atoms with Crippen molar-refractivity contribution in [3.8, 4) is 0 Å². The second-order valence-electron chi connectivity index (χ2n) is 14.3. The molecular weight excluding hydrogens is 588 g/mol. The molecule has 0 aromatic carbocycles. The monoisotopic (exact) mass is 652 g/mol. The second kappa shape index (κ2) is 21.3. The molecule has 3 saturated carbocycles. The Bertz CT molecular complexity index is 883. The molecule has 3 aliphatic carbocycles. The predicted octanol–water partition coefficient (Wildman–Crippen LogP) is 5.72. The zero-order chi connectivity index (χ0) is 33.3. The van der Waals surface area contributed by atoms with Crippen LogP contribution >= 0.6 is 0 Å². The summed E-state index contributed by atoms with van der Waals surface area (Å²) in [6.07, 6.45) is 14.7. The molecule has 0 amide bonds. The van der Waals surface area contributed by atoms with Crippen molar-refractivity contribution < 1.29 is 38.4 Å². The highest BCUT2D eigenvalue weighted by molar-refractivity contribution is 5.82. The summed E-state index contributed by atoms with van der Waals surface area (Å²) < 4.78 is 23.0. The molecule has 5 atom stereocenters. The molecular formula is C36H64N2O8. The third-order valence-corrected chi connectivity index (χ3v) is 10.2. The fraction of sp³-hybridized carbons (Fsp3) is 0.917. The molecule has 10 heteroatoms. The van der Waals surface area contributed by atoms with Crippen LogP contribution in [0, 0.1) is 11.8 Å². The molecule has 0 aromatic rings. The van der Waals surface area contributed by atoms with Crippen molar-refractivity contribution in [2.75, 3.05) is 13.2 Å². The van der Waals surface area contributed by atoms with E-state index in [9.17, 15) is 19.5 Å². The fourth-order valence-electron chi connectivity index (χ4n) is 6.77. The summed E-state index contributed by atoms with van der Waals surface area (Å²) in [5.41, 5.74) is 0. The van der Waals surface area contributed by atoms with Crippen molar-refractivity contribution >= 4 is 17.9 Å². The number of rotatable bonds is 19. The Balaban J connectivity index is 1.36. The van der Waals surface area contributed by atoms with E-state index in [1.54, 1.807) is 0 Å². The molecule has 46 heavy (non-hydrogen) atoms. The average molecular weight is 653 g/mol. The fourth-order valence-corrected chi connectivity index (χ4v) is 6.77. The van der Waals surface area contributed by atoms with Gasteiger partial charge in [-0.2, -0.15) is 0 Å². The Hall–Kier alpha value is -1.75. The maximum atomic E-state index is 12.9. The third-order valence-electron chi connectivity index (χ3n) is 10.2. The number of ether oxygens (including phenoxy) is 4. The molecule has 5 unspecified atom stereocenters. The van der Waals surface area contributed by atoms with Crippen molar-refractivity contribution in [1.82, 2.24) is 10.6 Å². The van der Waals surface area contributed by atoms with Gasteiger partial charge in [-0.05, 0) is 103 Å². The number of nitrogens with one attached hydrogen (secondary N) is 2. The van der Waals surface area contributed by atoms with Gasteiger partial charge in [0.05, 0.1) is 38.2 Å². The van der Waals surface area contributed by atoms with E-state index >= 15 is 0 Å². The van der Waals surface area contributed by atoms with Gasteiger partial charge in [-0.1, -0.05) is 39.5 Å². The van der Waals surface area contributed by atoms with Gasteiger partial charge in [0.25, 0.3) is 0 Å². The van der Waals surface area contributed by atoms with Crippen molar-refractivity contribution in [2.45, 2.75) is 186 Å². The third kappa shape index (κ3) is 14.6. The molecule has 0 spiro atoms. The smallest absolute Gasteiger partial charge is 0.324 e. The van der Waals surface area contributed by atoms with Crippen LogP contribution in [0.4, 0.5) is 0 Å². The van der Waals surface area contributed by atoms with Crippen LogP contribution in [0.15, 0.2) is 0 Å². The lowest BCUT2D eigenvalue weighted by molar-refractivity contribution is -0.170.